The van der Waals surface area contributed by atoms with Gasteiger partial charge in [-0.3, -0.25) is 0 Å². The lowest BCUT2D eigenvalue weighted by Gasteiger charge is -2.47. The summed E-state index contributed by atoms with van der Waals surface area (Å²) in [4.78, 5) is 0. The van der Waals surface area contributed by atoms with Crippen molar-refractivity contribution in [2.24, 2.45) is 5.92 Å². The van der Waals surface area contributed by atoms with Crippen molar-refractivity contribution in [1.82, 2.24) is 0 Å². The molecule has 0 spiro atoms. The second kappa shape index (κ2) is 12.6. The molecule has 4 nitrogen and oxygen atoms in total. The molecule has 5 heteroatoms. The Balaban J connectivity index is 1.56. The maximum atomic E-state index is 7.20. The van der Waals surface area contributed by atoms with E-state index in [0.29, 0.717) is 11.7 Å². The fourth-order valence-electron chi connectivity index (χ4n) is 7.12. The van der Waals surface area contributed by atoms with Crippen molar-refractivity contribution in [3.05, 3.63) is 144 Å². The Kier molecular flexibility index (Phi) is 8.64. The van der Waals surface area contributed by atoms with E-state index in [1.807, 2.05) is 24.3 Å². The summed E-state index contributed by atoms with van der Waals surface area (Å²) in [6, 6.07) is 41.7. The number of unbranched alkanes of at least 4 members (excludes halogenated alkanes) is 1. The van der Waals surface area contributed by atoms with Crippen molar-refractivity contribution in [2.75, 3.05) is 14.2 Å². The summed E-state index contributed by atoms with van der Waals surface area (Å²) in [5.74, 6) is 0.969. The van der Waals surface area contributed by atoms with Crippen molar-refractivity contribution in [2.45, 2.75) is 61.8 Å². The van der Waals surface area contributed by atoms with Crippen molar-refractivity contribution in [3.63, 3.8) is 0 Å². The Morgan fingerprint density at radius 3 is 1.29 bits per heavy atom. The summed E-state index contributed by atoms with van der Waals surface area (Å²) >= 11 is 0. The molecule has 0 aromatic heterocycles. The standard InChI is InChI=1S/C37H41BO4/c1-4-5-18-28-27-33(28)38-41-34(36(39-2,29-19-10-6-11-20-29)30-21-12-7-13-22-30)35(42-38)37(40-3,31-23-14-8-15-24-31)32-25-16-9-17-26-32/h6-17,19-26,28,33-35H,4-5,18,27H2,1-3H3/t28-,33+,34+,35+/m0/s1. The third kappa shape index (κ3) is 5.03. The first-order valence-electron chi connectivity index (χ1n) is 15.3. The fraction of sp³-hybridized carbons (Fsp3) is 0.351. The summed E-state index contributed by atoms with van der Waals surface area (Å²) < 4.78 is 27.8. The normalized spacial score (nSPS) is 22.3. The van der Waals surface area contributed by atoms with Crippen LogP contribution in [0.15, 0.2) is 121 Å². The van der Waals surface area contributed by atoms with E-state index in [1.165, 1.54) is 19.3 Å². The molecule has 0 N–H and O–H groups in total. The van der Waals surface area contributed by atoms with Gasteiger partial charge < -0.3 is 18.8 Å². The van der Waals surface area contributed by atoms with Gasteiger partial charge >= 0.3 is 7.12 Å². The third-order valence-electron chi connectivity index (χ3n) is 9.35. The molecule has 1 saturated heterocycles. The molecule has 6 rings (SSSR count). The van der Waals surface area contributed by atoms with Crippen LogP contribution in [-0.2, 0) is 30.0 Å². The zero-order valence-electron chi connectivity index (χ0n) is 24.9. The first-order chi connectivity index (χ1) is 20.7. The van der Waals surface area contributed by atoms with Crippen LogP contribution < -0.4 is 0 Å². The van der Waals surface area contributed by atoms with Gasteiger partial charge in [0.2, 0.25) is 0 Å². The van der Waals surface area contributed by atoms with E-state index in [0.717, 1.165) is 28.7 Å². The van der Waals surface area contributed by atoms with E-state index in [4.69, 9.17) is 18.8 Å². The number of rotatable bonds is 12. The van der Waals surface area contributed by atoms with Crippen LogP contribution in [0.3, 0.4) is 0 Å². The lowest BCUT2D eigenvalue weighted by molar-refractivity contribution is -0.136. The molecule has 1 aliphatic carbocycles. The van der Waals surface area contributed by atoms with Gasteiger partial charge in [-0.25, -0.2) is 0 Å². The molecule has 0 unspecified atom stereocenters. The van der Waals surface area contributed by atoms with Gasteiger partial charge in [-0.15, -0.1) is 0 Å². The first-order valence-corrected chi connectivity index (χ1v) is 15.3. The average Bonchev–Trinajstić information content (AvgIpc) is 3.72. The monoisotopic (exact) mass is 560 g/mol. The Bertz CT molecular complexity index is 1220. The smallest absolute Gasteiger partial charge is 0.402 e. The van der Waals surface area contributed by atoms with Crippen LogP contribution in [0.5, 0.6) is 0 Å². The minimum absolute atomic E-state index is 0.353. The van der Waals surface area contributed by atoms with E-state index in [-0.39, 0.29) is 7.12 Å². The van der Waals surface area contributed by atoms with Gasteiger partial charge in [0.05, 0.1) is 0 Å². The highest BCUT2D eigenvalue weighted by molar-refractivity contribution is 6.48. The van der Waals surface area contributed by atoms with Gasteiger partial charge in [0.1, 0.15) is 23.4 Å². The minimum atomic E-state index is -0.955. The number of hydrogen-bond donors (Lipinski definition) is 0. The summed E-state index contributed by atoms with van der Waals surface area (Å²) in [7, 11) is 3.22. The highest BCUT2D eigenvalue weighted by Gasteiger charge is 2.65. The van der Waals surface area contributed by atoms with Crippen LogP contribution in [0.2, 0.25) is 5.82 Å². The zero-order chi connectivity index (χ0) is 29.0. The molecule has 1 heterocycles. The molecule has 1 aliphatic heterocycles. The van der Waals surface area contributed by atoms with Gasteiger partial charge in [-0.05, 0) is 40.4 Å². The quantitative estimate of drug-likeness (QED) is 0.165. The summed E-state index contributed by atoms with van der Waals surface area (Å²) in [6.07, 6.45) is 3.71. The molecule has 216 valence electrons. The zero-order valence-corrected chi connectivity index (χ0v) is 24.9. The maximum absolute atomic E-state index is 7.20. The summed E-state index contributed by atoms with van der Waals surface area (Å²) in [5.41, 5.74) is 2.15. The van der Waals surface area contributed by atoms with E-state index < -0.39 is 23.4 Å². The van der Waals surface area contributed by atoms with Gasteiger partial charge in [0, 0.05) is 14.2 Å². The van der Waals surface area contributed by atoms with Crippen LogP contribution in [0.25, 0.3) is 0 Å². The molecule has 2 aliphatic rings. The Morgan fingerprint density at radius 2 is 0.976 bits per heavy atom. The van der Waals surface area contributed by atoms with Gasteiger partial charge in [0.15, 0.2) is 0 Å². The molecule has 2 fully saturated rings. The molecule has 0 radical (unpaired) electrons. The van der Waals surface area contributed by atoms with Crippen LogP contribution >= 0.6 is 0 Å². The Morgan fingerprint density at radius 1 is 0.619 bits per heavy atom. The number of hydrogen-bond acceptors (Lipinski definition) is 4. The second-order valence-corrected chi connectivity index (χ2v) is 11.6. The summed E-state index contributed by atoms with van der Waals surface area (Å²) in [6.45, 7) is 2.26. The highest BCUT2D eigenvalue weighted by Crippen LogP contribution is 2.57. The average molecular weight is 561 g/mol. The van der Waals surface area contributed by atoms with Gasteiger partial charge in [-0.1, -0.05) is 148 Å². The maximum Gasteiger partial charge on any atom is 0.461 e. The number of ether oxygens (including phenoxy) is 2. The number of methoxy groups -OCH3 is 2. The second-order valence-electron chi connectivity index (χ2n) is 11.6. The largest absolute Gasteiger partial charge is 0.461 e. The highest BCUT2D eigenvalue weighted by atomic mass is 16.7. The van der Waals surface area contributed by atoms with Crippen molar-refractivity contribution < 1.29 is 18.8 Å². The van der Waals surface area contributed by atoms with Gasteiger partial charge in [0.25, 0.3) is 0 Å². The molecule has 1 saturated carbocycles. The third-order valence-corrected chi connectivity index (χ3v) is 9.35. The predicted octanol–water partition coefficient (Wildman–Crippen LogP) is 8.02. The van der Waals surface area contributed by atoms with E-state index in [9.17, 15) is 0 Å². The van der Waals surface area contributed by atoms with Crippen molar-refractivity contribution in [1.29, 1.82) is 0 Å². The minimum Gasteiger partial charge on any atom is -0.402 e. The first kappa shape index (κ1) is 28.9. The van der Waals surface area contributed by atoms with Crippen LogP contribution in [0.4, 0.5) is 0 Å². The lowest BCUT2D eigenvalue weighted by atomic mass is 9.71. The van der Waals surface area contributed by atoms with Crippen LogP contribution in [-0.4, -0.2) is 33.5 Å². The topological polar surface area (TPSA) is 36.9 Å². The predicted molar refractivity (Wildman–Crippen MR) is 168 cm³/mol. The lowest BCUT2D eigenvalue weighted by Crippen LogP contribution is -2.56. The van der Waals surface area contributed by atoms with E-state index in [2.05, 4.69) is 104 Å². The van der Waals surface area contributed by atoms with Crippen LogP contribution in [0.1, 0.15) is 54.9 Å². The van der Waals surface area contributed by atoms with Crippen molar-refractivity contribution in [3.8, 4) is 0 Å². The molecular weight excluding hydrogens is 519 g/mol. The Labute approximate surface area is 251 Å². The van der Waals surface area contributed by atoms with Gasteiger partial charge in [-0.2, -0.15) is 0 Å². The molecule has 4 aromatic carbocycles. The molecule has 0 bridgehead atoms. The van der Waals surface area contributed by atoms with Crippen LogP contribution in [0, 0.1) is 5.92 Å². The Hall–Kier alpha value is -3.22. The number of benzene rings is 4. The molecule has 0 amide bonds. The molecule has 4 atom stereocenters. The fourth-order valence-corrected chi connectivity index (χ4v) is 7.12. The van der Waals surface area contributed by atoms with E-state index >= 15 is 0 Å². The molecule has 4 aromatic rings. The molecule has 42 heavy (non-hydrogen) atoms. The van der Waals surface area contributed by atoms with Crippen molar-refractivity contribution >= 4 is 7.12 Å². The van der Waals surface area contributed by atoms with E-state index in [1.54, 1.807) is 14.2 Å². The summed E-state index contributed by atoms with van der Waals surface area (Å²) in [5, 5.41) is 0. The molecular formula is C37H41BO4. The SMILES string of the molecule is CCCC[C@H]1C[C@H]1B1O[C@@H](C(OC)(c2ccccc2)c2ccccc2)[C@H](C(OC)(c2ccccc2)c2ccccc2)O1.